The summed E-state index contributed by atoms with van der Waals surface area (Å²) in [6.07, 6.45) is 2.27. The first kappa shape index (κ1) is 14.9. The molecule has 2 nitrogen and oxygen atoms in total. The van der Waals surface area contributed by atoms with E-state index in [1.165, 1.54) is 17.1 Å². The molecule has 1 aromatic rings. The summed E-state index contributed by atoms with van der Waals surface area (Å²) in [5.41, 5.74) is 0.269. The predicted octanol–water partition coefficient (Wildman–Crippen LogP) is 4.18. The number of hydrogen-bond donors (Lipinski definition) is 1. The van der Waals surface area contributed by atoms with Crippen LogP contribution in [0.4, 0.5) is 0 Å². The van der Waals surface area contributed by atoms with Crippen LogP contribution in [0.1, 0.15) is 39.0 Å². The molecule has 1 aromatic heterocycles. The Labute approximate surface area is 125 Å². The molecule has 19 heavy (non-hydrogen) atoms. The number of rotatable bonds is 3. The molecule has 0 saturated carbocycles. The van der Waals surface area contributed by atoms with Crippen molar-refractivity contribution >= 4 is 28.3 Å². The maximum atomic E-state index is 4.89. The van der Waals surface area contributed by atoms with Gasteiger partial charge in [-0.1, -0.05) is 38.6 Å². The molecule has 1 aliphatic heterocycles. The van der Waals surface area contributed by atoms with Crippen molar-refractivity contribution in [2.24, 2.45) is 10.4 Å². The zero-order valence-electron chi connectivity index (χ0n) is 12.3. The highest BCUT2D eigenvalue weighted by atomic mass is 32.2. The number of aliphatic imine (C=N–C) groups is 1. The Kier molecular flexibility index (Phi) is 4.96. The first-order valence-electron chi connectivity index (χ1n) is 6.94. The first-order chi connectivity index (χ1) is 8.95. The average Bonchev–Trinajstić information content (AvgIpc) is 2.80. The third-order valence-electron chi connectivity index (χ3n) is 3.36. The Hall–Kier alpha value is -0.480. The summed E-state index contributed by atoms with van der Waals surface area (Å²) in [5, 5.41) is 6.86. The number of amidine groups is 1. The van der Waals surface area contributed by atoms with E-state index in [-0.39, 0.29) is 5.41 Å². The van der Waals surface area contributed by atoms with Crippen LogP contribution in [0.25, 0.3) is 0 Å². The molecule has 2 atom stereocenters. The van der Waals surface area contributed by atoms with E-state index in [2.05, 4.69) is 50.5 Å². The predicted molar refractivity (Wildman–Crippen MR) is 88.4 cm³/mol. The number of thiophene rings is 1. The summed E-state index contributed by atoms with van der Waals surface area (Å²) < 4.78 is 0. The minimum atomic E-state index is 0.269. The zero-order chi connectivity index (χ0) is 13.9. The van der Waals surface area contributed by atoms with Gasteiger partial charge in [0.25, 0.3) is 0 Å². The van der Waals surface area contributed by atoms with Crippen molar-refractivity contribution in [1.29, 1.82) is 0 Å². The maximum Gasteiger partial charge on any atom is 0.157 e. The standard InChI is InChI=1S/C15H24N2S2/c1-11(10-12-6-5-8-18-12)16-14-17-13(7-9-19-14)15(2,3)4/h5-6,8,11,13H,7,9-10H2,1-4H3,(H,16,17). The molecule has 2 unspecified atom stereocenters. The van der Waals surface area contributed by atoms with Crippen LogP contribution in [0.15, 0.2) is 22.5 Å². The second-order valence-corrected chi connectivity index (χ2v) is 8.40. The molecule has 1 aliphatic rings. The van der Waals surface area contributed by atoms with Gasteiger partial charge in [-0.3, -0.25) is 4.99 Å². The van der Waals surface area contributed by atoms with E-state index in [0.717, 1.165) is 11.6 Å². The lowest BCUT2D eigenvalue weighted by Gasteiger charge is -2.31. The Balaban J connectivity index is 1.92. The maximum absolute atomic E-state index is 4.89. The second-order valence-electron chi connectivity index (χ2n) is 6.28. The highest BCUT2D eigenvalue weighted by Crippen LogP contribution is 2.30. The van der Waals surface area contributed by atoms with E-state index >= 15 is 0 Å². The van der Waals surface area contributed by atoms with Crippen molar-refractivity contribution in [2.75, 3.05) is 5.75 Å². The lowest BCUT2D eigenvalue weighted by molar-refractivity contribution is 0.315. The van der Waals surface area contributed by atoms with Crippen LogP contribution in [0, 0.1) is 5.41 Å². The van der Waals surface area contributed by atoms with Gasteiger partial charge < -0.3 is 5.32 Å². The molecule has 4 heteroatoms. The number of nitrogens with one attached hydrogen (secondary N) is 1. The van der Waals surface area contributed by atoms with Crippen LogP contribution in [-0.4, -0.2) is 23.0 Å². The molecule has 0 aliphatic carbocycles. The molecule has 0 fully saturated rings. The highest BCUT2D eigenvalue weighted by Gasteiger charge is 2.27. The third kappa shape index (κ3) is 4.53. The van der Waals surface area contributed by atoms with Crippen molar-refractivity contribution < 1.29 is 0 Å². The summed E-state index contributed by atoms with van der Waals surface area (Å²) in [5.74, 6) is 1.18. The molecule has 0 aromatic carbocycles. The molecule has 2 heterocycles. The largest absolute Gasteiger partial charge is 0.362 e. The van der Waals surface area contributed by atoms with Gasteiger partial charge in [0.05, 0.1) is 6.04 Å². The molecule has 106 valence electrons. The van der Waals surface area contributed by atoms with E-state index in [4.69, 9.17) is 4.99 Å². The average molecular weight is 297 g/mol. The summed E-state index contributed by atoms with van der Waals surface area (Å²) in [6, 6.07) is 5.22. The van der Waals surface area contributed by atoms with Gasteiger partial charge in [-0.15, -0.1) is 11.3 Å². The molecule has 0 bridgehead atoms. The van der Waals surface area contributed by atoms with Gasteiger partial charge in [-0.2, -0.15) is 0 Å². The van der Waals surface area contributed by atoms with Crippen molar-refractivity contribution in [3.8, 4) is 0 Å². The summed E-state index contributed by atoms with van der Waals surface area (Å²) in [6.45, 7) is 9.08. The van der Waals surface area contributed by atoms with Crippen LogP contribution < -0.4 is 5.32 Å². The van der Waals surface area contributed by atoms with Crippen molar-refractivity contribution in [1.82, 2.24) is 5.32 Å². The Morgan fingerprint density at radius 2 is 2.26 bits per heavy atom. The fourth-order valence-corrected chi connectivity index (χ4v) is 4.06. The van der Waals surface area contributed by atoms with Crippen LogP contribution >= 0.6 is 23.1 Å². The van der Waals surface area contributed by atoms with E-state index < -0.39 is 0 Å². The minimum Gasteiger partial charge on any atom is -0.362 e. The molecular formula is C15H24N2S2. The number of thioether (sulfide) groups is 1. The van der Waals surface area contributed by atoms with Gasteiger partial charge in [-0.25, -0.2) is 0 Å². The van der Waals surface area contributed by atoms with Gasteiger partial charge >= 0.3 is 0 Å². The monoisotopic (exact) mass is 296 g/mol. The molecular weight excluding hydrogens is 272 g/mol. The quantitative estimate of drug-likeness (QED) is 0.905. The normalized spacial score (nSPS) is 21.9. The number of hydrogen-bond acceptors (Lipinski definition) is 4. The second kappa shape index (κ2) is 6.31. The highest BCUT2D eigenvalue weighted by molar-refractivity contribution is 8.13. The van der Waals surface area contributed by atoms with Crippen LogP contribution in [0.3, 0.4) is 0 Å². The number of nitrogens with zero attached hydrogens (tertiary/aromatic N) is 1. The van der Waals surface area contributed by atoms with E-state index in [1.807, 2.05) is 23.1 Å². The van der Waals surface area contributed by atoms with E-state index in [1.54, 1.807) is 0 Å². The van der Waals surface area contributed by atoms with Crippen LogP contribution in [0.2, 0.25) is 0 Å². The SMILES string of the molecule is CC(Cc1cccs1)NC1=NC(C(C)(C)C)CCS1. The van der Waals surface area contributed by atoms with Crippen LogP contribution in [0.5, 0.6) is 0 Å². The molecule has 1 N–H and O–H groups in total. The smallest absolute Gasteiger partial charge is 0.157 e. The summed E-state index contributed by atoms with van der Waals surface area (Å²) in [7, 11) is 0. The van der Waals surface area contributed by atoms with Crippen molar-refractivity contribution in [2.45, 2.75) is 52.6 Å². The van der Waals surface area contributed by atoms with E-state index in [9.17, 15) is 0 Å². The van der Waals surface area contributed by atoms with Gasteiger partial charge in [0, 0.05) is 23.1 Å². The first-order valence-corrected chi connectivity index (χ1v) is 8.81. The molecule has 0 amide bonds. The Morgan fingerprint density at radius 1 is 1.47 bits per heavy atom. The lowest BCUT2D eigenvalue weighted by atomic mass is 9.85. The molecule has 0 saturated heterocycles. The van der Waals surface area contributed by atoms with E-state index in [0.29, 0.717) is 12.1 Å². The van der Waals surface area contributed by atoms with Crippen molar-refractivity contribution in [3.05, 3.63) is 22.4 Å². The Morgan fingerprint density at radius 3 is 2.89 bits per heavy atom. The fourth-order valence-electron chi connectivity index (χ4n) is 2.21. The Bertz CT molecular complexity index is 418. The fraction of sp³-hybridized carbons (Fsp3) is 0.667. The zero-order valence-corrected chi connectivity index (χ0v) is 13.9. The van der Waals surface area contributed by atoms with Gasteiger partial charge in [0.1, 0.15) is 0 Å². The van der Waals surface area contributed by atoms with Gasteiger partial charge in [0.2, 0.25) is 0 Å². The van der Waals surface area contributed by atoms with Crippen LogP contribution in [-0.2, 0) is 6.42 Å². The van der Waals surface area contributed by atoms with Crippen molar-refractivity contribution in [3.63, 3.8) is 0 Å². The van der Waals surface area contributed by atoms with Gasteiger partial charge in [-0.05, 0) is 30.2 Å². The molecule has 0 radical (unpaired) electrons. The minimum absolute atomic E-state index is 0.269. The topological polar surface area (TPSA) is 24.4 Å². The summed E-state index contributed by atoms with van der Waals surface area (Å²) >= 11 is 3.70. The van der Waals surface area contributed by atoms with Gasteiger partial charge in [0.15, 0.2) is 5.17 Å². The summed E-state index contributed by atoms with van der Waals surface area (Å²) in [4.78, 5) is 6.33. The molecule has 2 rings (SSSR count). The third-order valence-corrected chi connectivity index (χ3v) is 5.20. The molecule has 0 spiro atoms. The lowest BCUT2D eigenvalue weighted by Crippen LogP contribution is -2.37.